The van der Waals surface area contributed by atoms with E-state index in [4.69, 9.17) is 27.9 Å². The molecule has 0 aliphatic heterocycles. The van der Waals surface area contributed by atoms with Crippen LogP contribution in [-0.4, -0.2) is 9.97 Å². The molecule has 0 spiro atoms. The molecule has 0 bridgehead atoms. The van der Waals surface area contributed by atoms with Gasteiger partial charge in [0.05, 0.1) is 18.1 Å². The van der Waals surface area contributed by atoms with E-state index in [-0.39, 0.29) is 0 Å². The zero-order valence-corrected chi connectivity index (χ0v) is 10.7. The quantitative estimate of drug-likeness (QED) is 0.852. The number of hydrogen-bond donors (Lipinski definition) is 0. The molecule has 1 heterocycles. The van der Waals surface area contributed by atoms with Gasteiger partial charge in [0.15, 0.2) is 0 Å². The summed E-state index contributed by atoms with van der Waals surface area (Å²) in [6.45, 7) is 2.30. The van der Waals surface area contributed by atoms with Crippen molar-refractivity contribution in [2.24, 2.45) is 0 Å². The zero-order valence-electron chi connectivity index (χ0n) is 9.15. The lowest BCUT2D eigenvalue weighted by molar-refractivity contribution is 0.298. The van der Waals surface area contributed by atoms with E-state index in [1.54, 1.807) is 12.3 Å². The van der Waals surface area contributed by atoms with Gasteiger partial charge in [-0.05, 0) is 24.6 Å². The van der Waals surface area contributed by atoms with Crippen LogP contribution in [0.3, 0.4) is 0 Å². The van der Waals surface area contributed by atoms with Crippen LogP contribution in [-0.2, 0) is 6.61 Å². The minimum Gasteiger partial charge on any atom is -0.487 e. The normalized spacial score (nSPS) is 10.3. The number of nitrogens with zero attached hydrogens (tertiary/aromatic N) is 2. The van der Waals surface area contributed by atoms with Gasteiger partial charge in [0.2, 0.25) is 0 Å². The van der Waals surface area contributed by atoms with Gasteiger partial charge in [0.25, 0.3) is 0 Å². The summed E-state index contributed by atoms with van der Waals surface area (Å²) < 4.78 is 5.61. The standard InChI is InChI=1S/C12H10Cl2N2O/c1-8-2-3-9(13)4-11(8)17-7-10-5-16-12(14)6-15-10/h2-6H,7H2,1H3. The van der Waals surface area contributed by atoms with Gasteiger partial charge < -0.3 is 4.74 Å². The highest BCUT2D eigenvalue weighted by Gasteiger charge is 2.02. The Hall–Kier alpha value is -1.32. The number of hydrogen-bond acceptors (Lipinski definition) is 3. The predicted molar refractivity (Wildman–Crippen MR) is 67.6 cm³/mol. The Balaban J connectivity index is 2.07. The van der Waals surface area contributed by atoms with Crippen LogP contribution in [0.1, 0.15) is 11.3 Å². The first-order valence-corrected chi connectivity index (χ1v) is 5.76. The van der Waals surface area contributed by atoms with Gasteiger partial charge in [-0.15, -0.1) is 0 Å². The third kappa shape index (κ3) is 3.32. The van der Waals surface area contributed by atoms with Gasteiger partial charge >= 0.3 is 0 Å². The summed E-state index contributed by atoms with van der Waals surface area (Å²) in [7, 11) is 0. The van der Waals surface area contributed by atoms with Crippen molar-refractivity contribution in [1.29, 1.82) is 0 Å². The van der Waals surface area contributed by atoms with Crippen LogP contribution in [0.25, 0.3) is 0 Å². The van der Waals surface area contributed by atoms with E-state index < -0.39 is 0 Å². The Labute approximate surface area is 109 Å². The van der Waals surface area contributed by atoms with E-state index in [0.717, 1.165) is 11.3 Å². The Kier molecular flexibility index (Phi) is 3.82. The van der Waals surface area contributed by atoms with Crippen molar-refractivity contribution in [3.05, 3.63) is 52.0 Å². The van der Waals surface area contributed by atoms with Crippen molar-refractivity contribution in [3.8, 4) is 5.75 Å². The SMILES string of the molecule is Cc1ccc(Cl)cc1OCc1cnc(Cl)cn1. The molecular formula is C12H10Cl2N2O. The molecule has 5 heteroatoms. The van der Waals surface area contributed by atoms with Gasteiger partial charge in [-0.3, -0.25) is 4.98 Å². The molecule has 0 saturated heterocycles. The summed E-state index contributed by atoms with van der Waals surface area (Å²) in [6, 6.07) is 5.51. The first-order chi connectivity index (χ1) is 8.15. The van der Waals surface area contributed by atoms with Crippen LogP contribution in [0.4, 0.5) is 0 Å². The molecule has 17 heavy (non-hydrogen) atoms. The number of aryl methyl sites for hydroxylation is 1. The van der Waals surface area contributed by atoms with Crippen molar-refractivity contribution >= 4 is 23.2 Å². The zero-order chi connectivity index (χ0) is 12.3. The van der Waals surface area contributed by atoms with E-state index in [0.29, 0.717) is 22.5 Å². The molecule has 0 atom stereocenters. The molecule has 0 N–H and O–H groups in total. The van der Waals surface area contributed by atoms with Crippen LogP contribution >= 0.6 is 23.2 Å². The second kappa shape index (κ2) is 5.34. The highest BCUT2D eigenvalue weighted by atomic mass is 35.5. The predicted octanol–water partition coefficient (Wildman–Crippen LogP) is 3.67. The second-order valence-electron chi connectivity index (χ2n) is 3.53. The summed E-state index contributed by atoms with van der Waals surface area (Å²) in [5, 5.41) is 1.01. The molecule has 0 amide bonds. The average molecular weight is 269 g/mol. The van der Waals surface area contributed by atoms with Crippen molar-refractivity contribution in [2.75, 3.05) is 0 Å². The lowest BCUT2D eigenvalue weighted by atomic mass is 10.2. The molecule has 0 unspecified atom stereocenters. The summed E-state index contributed by atoms with van der Waals surface area (Å²) >= 11 is 11.5. The molecule has 1 aromatic heterocycles. The minimum atomic E-state index is 0.339. The van der Waals surface area contributed by atoms with Gasteiger partial charge in [-0.25, -0.2) is 4.98 Å². The molecular weight excluding hydrogens is 259 g/mol. The highest BCUT2D eigenvalue weighted by Crippen LogP contribution is 2.23. The van der Waals surface area contributed by atoms with Crippen LogP contribution in [0.2, 0.25) is 10.2 Å². The summed E-state index contributed by atoms with van der Waals surface area (Å²) in [4.78, 5) is 8.02. The number of rotatable bonds is 3. The fourth-order valence-electron chi connectivity index (χ4n) is 1.29. The first-order valence-electron chi connectivity index (χ1n) is 5.00. The molecule has 0 saturated carbocycles. The molecule has 3 nitrogen and oxygen atoms in total. The van der Waals surface area contributed by atoms with Crippen molar-refractivity contribution in [2.45, 2.75) is 13.5 Å². The van der Waals surface area contributed by atoms with Gasteiger partial charge in [0, 0.05) is 5.02 Å². The fourth-order valence-corrected chi connectivity index (χ4v) is 1.55. The largest absolute Gasteiger partial charge is 0.487 e. The highest BCUT2D eigenvalue weighted by molar-refractivity contribution is 6.30. The summed E-state index contributed by atoms with van der Waals surface area (Å²) in [5.41, 5.74) is 1.74. The number of halogens is 2. The van der Waals surface area contributed by atoms with Crippen LogP contribution in [0, 0.1) is 6.92 Å². The molecule has 0 aliphatic carbocycles. The molecule has 0 fully saturated rings. The maximum Gasteiger partial charge on any atom is 0.147 e. The molecule has 88 valence electrons. The van der Waals surface area contributed by atoms with Crippen LogP contribution < -0.4 is 4.74 Å². The summed E-state index contributed by atoms with van der Waals surface area (Å²) in [5.74, 6) is 0.745. The first kappa shape index (κ1) is 12.1. The van der Waals surface area contributed by atoms with E-state index in [2.05, 4.69) is 9.97 Å². The van der Waals surface area contributed by atoms with Gasteiger partial charge in [0.1, 0.15) is 17.5 Å². The number of benzene rings is 1. The minimum absolute atomic E-state index is 0.339. The van der Waals surface area contributed by atoms with Crippen LogP contribution in [0.15, 0.2) is 30.6 Å². The molecule has 0 radical (unpaired) electrons. The van der Waals surface area contributed by atoms with Crippen molar-refractivity contribution in [3.63, 3.8) is 0 Å². The van der Waals surface area contributed by atoms with Crippen molar-refractivity contribution < 1.29 is 4.74 Å². The molecule has 2 rings (SSSR count). The van der Waals surface area contributed by atoms with E-state index >= 15 is 0 Å². The van der Waals surface area contributed by atoms with E-state index in [9.17, 15) is 0 Å². The van der Waals surface area contributed by atoms with E-state index in [1.807, 2.05) is 19.1 Å². The summed E-state index contributed by atoms with van der Waals surface area (Å²) in [6.07, 6.45) is 3.08. The maximum atomic E-state index is 5.89. The Morgan fingerprint density at radius 2 is 2.00 bits per heavy atom. The van der Waals surface area contributed by atoms with Gasteiger partial charge in [-0.2, -0.15) is 0 Å². The molecule has 1 aromatic carbocycles. The fraction of sp³-hybridized carbons (Fsp3) is 0.167. The Morgan fingerprint density at radius 1 is 1.18 bits per heavy atom. The molecule has 0 aliphatic rings. The monoisotopic (exact) mass is 268 g/mol. The average Bonchev–Trinajstić information content (AvgIpc) is 2.32. The molecule has 2 aromatic rings. The third-order valence-corrected chi connectivity index (χ3v) is 2.63. The Morgan fingerprint density at radius 3 is 2.71 bits per heavy atom. The topological polar surface area (TPSA) is 35.0 Å². The Bertz CT molecular complexity index is 514. The van der Waals surface area contributed by atoms with Crippen molar-refractivity contribution in [1.82, 2.24) is 9.97 Å². The lowest BCUT2D eigenvalue weighted by Gasteiger charge is -2.08. The van der Waals surface area contributed by atoms with Crippen LogP contribution in [0.5, 0.6) is 5.75 Å². The van der Waals surface area contributed by atoms with Gasteiger partial charge in [-0.1, -0.05) is 29.3 Å². The second-order valence-corrected chi connectivity index (χ2v) is 4.35. The number of aromatic nitrogens is 2. The lowest BCUT2D eigenvalue weighted by Crippen LogP contribution is -2.00. The third-order valence-electron chi connectivity index (χ3n) is 2.20. The smallest absolute Gasteiger partial charge is 0.147 e. The number of ether oxygens (including phenoxy) is 1. The van der Waals surface area contributed by atoms with E-state index in [1.165, 1.54) is 6.20 Å². The maximum absolute atomic E-state index is 5.89.